The van der Waals surface area contributed by atoms with Crippen molar-refractivity contribution < 1.29 is 4.39 Å². The molecular formula is C10H8BrF. The molecule has 0 saturated heterocycles. The molecule has 0 fully saturated rings. The molecule has 0 amide bonds. The van der Waals surface area contributed by atoms with Crippen LogP contribution in [0.3, 0.4) is 0 Å². The number of halogens is 2. The van der Waals surface area contributed by atoms with Crippen LogP contribution in [0.25, 0.3) is 5.57 Å². The Bertz CT molecular complexity index is 366. The minimum atomic E-state index is -0.171. The molecule has 0 unspecified atom stereocenters. The van der Waals surface area contributed by atoms with E-state index in [9.17, 15) is 4.39 Å². The van der Waals surface area contributed by atoms with Gasteiger partial charge in [0, 0.05) is 4.47 Å². The van der Waals surface area contributed by atoms with Crippen molar-refractivity contribution in [2.24, 2.45) is 0 Å². The lowest BCUT2D eigenvalue weighted by Gasteiger charge is -2.03. The molecule has 0 bridgehead atoms. The van der Waals surface area contributed by atoms with E-state index in [0.29, 0.717) is 0 Å². The Balaban J connectivity index is 2.67. The number of allylic oxidation sites excluding steroid dienone is 2. The third-order valence-corrected chi connectivity index (χ3v) is 2.90. The minimum absolute atomic E-state index is 0.171. The van der Waals surface area contributed by atoms with Crippen molar-refractivity contribution in [3.8, 4) is 0 Å². The summed E-state index contributed by atoms with van der Waals surface area (Å²) in [7, 11) is 0. The van der Waals surface area contributed by atoms with Crippen LogP contribution in [0.5, 0.6) is 0 Å². The molecule has 0 saturated carbocycles. The van der Waals surface area contributed by atoms with Gasteiger partial charge < -0.3 is 0 Å². The van der Waals surface area contributed by atoms with Gasteiger partial charge in [0.15, 0.2) is 0 Å². The lowest BCUT2D eigenvalue weighted by Crippen LogP contribution is -1.87. The van der Waals surface area contributed by atoms with E-state index in [0.717, 1.165) is 16.5 Å². The maximum atomic E-state index is 12.9. The first kappa shape index (κ1) is 7.99. The third kappa shape index (κ3) is 1.11. The van der Waals surface area contributed by atoms with Crippen LogP contribution in [-0.4, -0.2) is 0 Å². The first-order valence-electron chi connectivity index (χ1n) is 3.83. The Hall–Kier alpha value is -0.630. The van der Waals surface area contributed by atoms with Crippen molar-refractivity contribution in [3.05, 3.63) is 39.6 Å². The largest absolute Gasteiger partial charge is 0.207 e. The van der Waals surface area contributed by atoms with E-state index in [1.165, 1.54) is 17.2 Å². The van der Waals surface area contributed by atoms with Gasteiger partial charge in [-0.1, -0.05) is 22.0 Å². The highest BCUT2D eigenvalue weighted by atomic mass is 79.9. The van der Waals surface area contributed by atoms with Gasteiger partial charge in [-0.25, -0.2) is 4.39 Å². The summed E-state index contributed by atoms with van der Waals surface area (Å²) in [5.41, 5.74) is 3.42. The van der Waals surface area contributed by atoms with Gasteiger partial charge in [0.25, 0.3) is 0 Å². The third-order valence-electron chi connectivity index (χ3n) is 2.20. The van der Waals surface area contributed by atoms with Crippen molar-refractivity contribution in [2.75, 3.05) is 0 Å². The van der Waals surface area contributed by atoms with Crippen LogP contribution in [-0.2, 0) is 6.42 Å². The van der Waals surface area contributed by atoms with Gasteiger partial charge in [-0.2, -0.15) is 0 Å². The predicted octanol–water partition coefficient (Wildman–Crippen LogP) is 3.55. The zero-order valence-electron chi connectivity index (χ0n) is 6.70. The van der Waals surface area contributed by atoms with E-state index in [4.69, 9.17) is 0 Å². The average Bonchev–Trinajstić information content (AvgIpc) is 2.33. The molecule has 0 nitrogen and oxygen atoms in total. The van der Waals surface area contributed by atoms with E-state index in [-0.39, 0.29) is 5.82 Å². The fraction of sp³-hybridized carbons (Fsp3) is 0.200. The van der Waals surface area contributed by atoms with E-state index in [1.807, 2.05) is 6.92 Å². The Labute approximate surface area is 79.2 Å². The molecule has 1 aromatic carbocycles. The second-order valence-corrected chi connectivity index (χ2v) is 3.86. The fourth-order valence-electron chi connectivity index (χ4n) is 1.53. The maximum absolute atomic E-state index is 12.9. The SMILES string of the molecule is CC1=CCc2c(Br)cc(F)cc21. The van der Waals surface area contributed by atoms with E-state index < -0.39 is 0 Å². The van der Waals surface area contributed by atoms with Crippen molar-refractivity contribution in [1.82, 2.24) is 0 Å². The fourth-order valence-corrected chi connectivity index (χ4v) is 2.12. The standard InChI is InChI=1S/C10H8BrF/c1-6-2-3-8-9(6)4-7(12)5-10(8)11/h2,4-5H,3H2,1H3. The molecule has 0 spiro atoms. The van der Waals surface area contributed by atoms with Gasteiger partial charge in [0.1, 0.15) is 5.82 Å². The molecule has 12 heavy (non-hydrogen) atoms. The molecule has 0 radical (unpaired) electrons. The lowest BCUT2D eigenvalue weighted by atomic mass is 10.1. The zero-order valence-corrected chi connectivity index (χ0v) is 8.28. The Kier molecular flexibility index (Phi) is 1.80. The summed E-state index contributed by atoms with van der Waals surface area (Å²) in [5, 5.41) is 0. The van der Waals surface area contributed by atoms with Gasteiger partial charge in [0.2, 0.25) is 0 Å². The van der Waals surface area contributed by atoms with Gasteiger partial charge >= 0.3 is 0 Å². The lowest BCUT2D eigenvalue weighted by molar-refractivity contribution is 0.626. The first-order valence-corrected chi connectivity index (χ1v) is 4.63. The molecule has 0 atom stereocenters. The molecule has 2 rings (SSSR count). The topological polar surface area (TPSA) is 0 Å². The maximum Gasteiger partial charge on any atom is 0.124 e. The monoisotopic (exact) mass is 226 g/mol. The number of hydrogen-bond donors (Lipinski definition) is 0. The summed E-state index contributed by atoms with van der Waals surface area (Å²) in [6.45, 7) is 2.01. The average molecular weight is 227 g/mol. The Morgan fingerprint density at radius 1 is 1.42 bits per heavy atom. The number of hydrogen-bond acceptors (Lipinski definition) is 0. The van der Waals surface area contributed by atoms with E-state index in [1.54, 1.807) is 6.07 Å². The molecule has 0 heterocycles. The van der Waals surface area contributed by atoms with E-state index >= 15 is 0 Å². The summed E-state index contributed by atoms with van der Waals surface area (Å²) in [4.78, 5) is 0. The molecule has 1 aliphatic rings. The summed E-state index contributed by atoms with van der Waals surface area (Å²) < 4.78 is 13.8. The molecule has 0 aliphatic heterocycles. The van der Waals surface area contributed by atoms with Crippen molar-refractivity contribution >= 4 is 21.5 Å². The van der Waals surface area contributed by atoms with Gasteiger partial charge in [-0.15, -0.1) is 0 Å². The van der Waals surface area contributed by atoms with Gasteiger partial charge in [-0.05, 0) is 42.2 Å². The number of rotatable bonds is 0. The zero-order chi connectivity index (χ0) is 8.72. The van der Waals surface area contributed by atoms with Crippen molar-refractivity contribution in [2.45, 2.75) is 13.3 Å². The van der Waals surface area contributed by atoms with E-state index in [2.05, 4.69) is 22.0 Å². The van der Waals surface area contributed by atoms with Crippen LogP contribution in [0.4, 0.5) is 4.39 Å². The van der Waals surface area contributed by atoms with Gasteiger partial charge in [0.05, 0.1) is 0 Å². The van der Waals surface area contributed by atoms with Crippen LogP contribution in [0, 0.1) is 5.82 Å². The smallest absolute Gasteiger partial charge is 0.124 e. The van der Waals surface area contributed by atoms with Crippen LogP contribution >= 0.6 is 15.9 Å². The van der Waals surface area contributed by atoms with Crippen molar-refractivity contribution in [3.63, 3.8) is 0 Å². The summed E-state index contributed by atoms with van der Waals surface area (Å²) in [6.07, 6.45) is 3.04. The quantitative estimate of drug-likeness (QED) is 0.635. The normalized spacial score (nSPS) is 14.4. The molecule has 0 aromatic heterocycles. The second kappa shape index (κ2) is 2.70. The summed E-state index contributed by atoms with van der Waals surface area (Å²) in [6, 6.07) is 3.12. The van der Waals surface area contributed by atoms with Crippen LogP contribution < -0.4 is 0 Å². The highest BCUT2D eigenvalue weighted by Crippen LogP contribution is 2.33. The molecule has 2 heteroatoms. The summed E-state index contributed by atoms with van der Waals surface area (Å²) >= 11 is 3.35. The molecule has 0 N–H and O–H groups in total. The Morgan fingerprint density at radius 3 is 2.92 bits per heavy atom. The molecule has 1 aromatic rings. The van der Waals surface area contributed by atoms with Gasteiger partial charge in [-0.3, -0.25) is 0 Å². The molecule has 1 aliphatic carbocycles. The first-order chi connectivity index (χ1) is 5.68. The highest BCUT2D eigenvalue weighted by molar-refractivity contribution is 9.10. The highest BCUT2D eigenvalue weighted by Gasteiger charge is 2.14. The minimum Gasteiger partial charge on any atom is -0.207 e. The second-order valence-electron chi connectivity index (χ2n) is 3.00. The molecule has 62 valence electrons. The summed E-state index contributed by atoms with van der Waals surface area (Å²) in [5.74, 6) is -0.171. The van der Waals surface area contributed by atoms with Crippen LogP contribution in [0.15, 0.2) is 22.7 Å². The predicted molar refractivity (Wildman–Crippen MR) is 51.5 cm³/mol. The van der Waals surface area contributed by atoms with Crippen LogP contribution in [0.2, 0.25) is 0 Å². The van der Waals surface area contributed by atoms with Crippen molar-refractivity contribution in [1.29, 1.82) is 0 Å². The molecular weight excluding hydrogens is 219 g/mol. The van der Waals surface area contributed by atoms with Crippen LogP contribution in [0.1, 0.15) is 18.1 Å². The Morgan fingerprint density at radius 2 is 2.17 bits per heavy atom. The number of fused-ring (bicyclic) bond motifs is 1. The number of benzene rings is 1.